The highest BCUT2D eigenvalue weighted by atomic mass is 79.9. The fourth-order valence-corrected chi connectivity index (χ4v) is 3.41. The zero-order chi connectivity index (χ0) is 14.7. The van der Waals surface area contributed by atoms with Crippen LogP contribution in [0, 0.1) is 6.92 Å². The van der Waals surface area contributed by atoms with E-state index in [4.69, 9.17) is 5.73 Å². The van der Waals surface area contributed by atoms with Crippen LogP contribution in [0.3, 0.4) is 0 Å². The van der Waals surface area contributed by atoms with Gasteiger partial charge in [-0.3, -0.25) is 4.79 Å². The molecule has 0 fully saturated rings. The summed E-state index contributed by atoms with van der Waals surface area (Å²) in [5, 5.41) is 2.01. The lowest BCUT2D eigenvalue weighted by atomic mass is 10.0. The van der Waals surface area contributed by atoms with Gasteiger partial charge >= 0.3 is 0 Å². The SMILES string of the molecule is Cc1ccc(C(N)C(=O)N(C)Cc2cc(Br)cs2)cc1.Cl. The molecule has 1 atom stereocenters. The number of carbonyl (C=O) groups is 1. The van der Waals surface area contributed by atoms with Crippen molar-refractivity contribution in [1.82, 2.24) is 4.90 Å². The molecular formula is C15H18BrClN2OS. The van der Waals surface area contributed by atoms with Crippen LogP contribution in [0.4, 0.5) is 0 Å². The molecule has 2 rings (SSSR count). The van der Waals surface area contributed by atoms with E-state index in [-0.39, 0.29) is 18.3 Å². The number of nitrogens with zero attached hydrogens (tertiary/aromatic N) is 1. The van der Waals surface area contributed by atoms with Crippen LogP contribution in [-0.2, 0) is 11.3 Å². The van der Waals surface area contributed by atoms with Crippen molar-refractivity contribution >= 4 is 45.6 Å². The Morgan fingerprint density at radius 2 is 2.00 bits per heavy atom. The summed E-state index contributed by atoms with van der Waals surface area (Å²) in [6, 6.07) is 9.17. The average Bonchev–Trinajstić information content (AvgIpc) is 2.83. The van der Waals surface area contributed by atoms with Crippen molar-refractivity contribution < 1.29 is 4.79 Å². The monoisotopic (exact) mass is 388 g/mol. The Hall–Kier alpha value is -0.880. The third kappa shape index (κ3) is 4.81. The summed E-state index contributed by atoms with van der Waals surface area (Å²) >= 11 is 5.04. The van der Waals surface area contributed by atoms with Gasteiger partial charge in [-0.15, -0.1) is 23.7 Å². The van der Waals surface area contributed by atoms with Crippen LogP contribution in [0.25, 0.3) is 0 Å². The third-order valence-corrected chi connectivity index (χ3v) is 4.78. The van der Waals surface area contributed by atoms with Gasteiger partial charge in [0.25, 0.3) is 0 Å². The minimum atomic E-state index is -0.607. The summed E-state index contributed by atoms with van der Waals surface area (Å²) in [5.74, 6) is -0.0709. The van der Waals surface area contributed by atoms with Crippen LogP contribution in [0.15, 0.2) is 40.2 Å². The van der Waals surface area contributed by atoms with E-state index in [2.05, 4.69) is 15.9 Å². The van der Waals surface area contributed by atoms with Gasteiger partial charge in [0, 0.05) is 21.8 Å². The summed E-state index contributed by atoms with van der Waals surface area (Å²) in [5.41, 5.74) is 8.06. The molecule has 0 saturated carbocycles. The third-order valence-electron chi connectivity index (χ3n) is 3.09. The van der Waals surface area contributed by atoms with Gasteiger partial charge in [0.05, 0.1) is 6.54 Å². The predicted molar refractivity (Wildman–Crippen MR) is 93.8 cm³/mol. The van der Waals surface area contributed by atoms with Gasteiger partial charge in [-0.2, -0.15) is 0 Å². The van der Waals surface area contributed by atoms with Gasteiger partial charge < -0.3 is 10.6 Å². The molecule has 1 aromatic heterocycles. The zero-order valence-corrected chi connectivity index (χ0v) is 15.1. The van der Waals surface area contributed by atoms with Gasteiger partial charge in [0.1, 0.15) is 6.04 Å². The summed E-state index contributed by atoms with van der Waals surface area (Å²) in [6.07, 6.45) is 0. The first-order valence-corrected chi connectivity index (χ1v) is 7.94. The molecule has 2 N–H and O–H groups in total. The number of halogens is 2. The van der Waals surface area contributed by atoms with Crippen molar-refractivity contribution in [1.29, 1.82) is 0 Å². The van der Waals surface area contributed by atoms with E-state index in [0.29, 0.717) is 6.54 Å². The van der Waals surface area contributed by atoms with Crippen molar-refractivity contribution in [2.45, 2.75) is 19.5 Å². The highest BCUT2D eigenvalue weighted by molar-refractivity contribution is 9.10. The molecular weight excluding hydrogens is 372 g/mol. The second-order valence-electron chi connectivity index (χ2n) is 4.81. The highest BCUT2D eigenvalue weighted by Gasteiger charge is 2.20. The Morgan fingerprint density at radius 3 is 2.52 bits per heavy atom. The molecule has 0 radical (unpaired) electrons. The number of aryl methyl sites for hydroxylation is 1. The lowest BCUT2D eigenvalue weighted by Gasteiger charge is -2.21. The fraction of sp³-hybridized carbons (Fsp3) is 0.267. The van der Waals surface area contributed by atoms with E-state index in [9.17, 15) is 4.79 Å². The highest BCUT2D eigenvalue weighted by Crippen LogP contribution is 2.22. The predicted octanol–water partition coefficient (Wildman–Crippen LogP) is 3.90. The maximum absolute atomic E-state index is 12.3. The van der Waals surface area contributed by atoms with Crippen LogP contribution in [0.2, 0.25) is 0 Å². The van der Waals surface area contributed by atoms with Crippen molar-refractivity contribution in [3.63, 3.8) is 0 Å². The first-order chi connectivity index (χ1) is 9.47. The number of thiophene rings is 1. The molecule has 0 aliphatic rings. The summed E-state index contributed by atoms with van der Waals surface area (Å²) in [7, 11) is 1.78. The van der Waals surface area contributed by atoms with Crippen LogP contribution in [0.5, 0.6) is 0 Å². The van der Waals surface area contributed by atoms with E-state index in [1.807, 2.05) is 42.6 Å². The molecule has 0 bridgehead atoms. The van der Waals surface area contributed by atoms with Crippen LogP contribution in [0.1, 0.15) is 22.0 Å². The number of nitrogens with two attached hydrogens (primary N) is 1. The molecule has 0 saturated heterocycles. The number of likely N-dealkylation sites (N-methyl/N-ethyl adjacent to an activating group) is 1. The molecule has 1 aromatic carbocycles. The average molecular weight is 390 g/mol. The second-order valence-corrected chi connectivity index (χ2v) is 6.73. The van der Waals surface area contributed by atoms with Crippen LogP contribution in [-0.4, -0.2) is 17.9 Å². The van der Waals surface area contributed by atoms with E-state index >= 15 is 0 Å². The Balaban J connectivity index is 0.00000220. The number of hydrogen-bond donors (Lipinski definition) is 1. The molecule has 1 heterocycles. The first kappa shape index (κ1) is 18.2. The topological polar surface area (TPSA) is 46.3 Å². The van der Waals surface area contributed by atoms with Crippen LogP contribution >= 0.6 is 39.7 Å². The lowest BCUT2D eigenvalue weighted by Crippen LogP contribution is -2.35. The summed E-state index contributed by atoms with van der Waals surface area (Å²) < 4.78 is 1.04. The van der Waals surface area contributed by atoms with E-state index in [0.717, 1.165) is 20.5 Å². The van der Waals surface area contributed by atoms with Gasteiger partial charge in [0.2, 0.25) is 5.91 Å². The minimum absolute atomic E-state index is 0. The largest absolute Gasteiger partial charge is 0.339 e. The Bertz CT molecular complexity index is 600. The van der Waals surface area contributed by atoms with Gasteiger partial charge in [-0.25, -0.2) is 0 Å². The Labute approximate surface area is 143 Å². The second kappa shape index (κ2) is 7.94. The normalized spacial score (nSPS) is 11.6. The number of rotatable bonds is 4. The number of amides is 1. The summed E-state index contributed by atoms with van der Waals surface area (Å²) in [4.78, 5) is 15.1. The maximum atomic E-state index is 12.3. The maximum Gasteiger partial charge on any atom is 0.244 e. The molecule has 21 heavy (non-hydrogen) atoms. The lowest BCUT2D eigenvalue weighted by molar-refractivity contribution is -0.131. The first-order valence-electron chi connectivity index (χ1n) is 6.27. The molecule has 6 heteroatoms. The molecule has 1 unspecified atom stereocenters. The molecule has 3 nitrogen and oxygen atoms in total. The minimum Gasteiger partial charge on any atom is -0.339 e. The standard InChI is InChI=1S/C15H17BrN2OS.ClH/c1-10-3-5-11(6-4-10)14(17)15(19)18(2)8-13-7-12(16)9-20-13;/h3-7,9,14H,8,17H2,1-2H3;1H. The van der Waals surface area contributed by atoms with E-state index in [1.165, 1.54) is 0 Å². The quantitative estimate of drug-likeness (QED) is 0.862. The molecule has 0 aliphatic heterocycles. The summed E-state index contributed by atoms with van der Waals surface area (Å²) in [6.45, 7) is 2.59. The van der Waals surface area contributed by atoms with Gasteiger partial charge in [-0.05, 0) is 34.5 Å². The fourth-order valence-electron chi connectivity index (χ4n) is 1.90. The van der Waals surface area contributed by atoms with Crippen molar-refractivity contribution in [3.8, 4) is 0 Å². The van der Waals surface area contributed by atoms with Crippen molar-refractivity contribution in [2.75, 3.05) is 7.05 Å². The number of hydrogen-bond acceptors (Lipinski definition) is 3. The number of benzene rings is 1. The van der Waals surface area contributed by atoms with Crippen molar-refractivity contribution in [2.24, 2.45) is 5.73 Å². The zero-order valence-electron chi connectivity index (χ0n) is 11.9. The smallest absolute Gasteiger partial charge is 0.244 e. The van der Waals surface area contributed by atoms with E-state index in [1.54, 1.807) is 23.3 Å². The molecule has 0 spiro atoms. The van der Waals surface area contributed by atoms with Gasteiger partial charge in [0.15, 0.2) is 0 Å². The van der Waals surface area contributed by atoms with Gasteiger partial charge in [-0.1, -0.05) is 29.8 Å². The molecule has 0 aliphatic carbocycles. The van der Waals surface area contributed by atoms with Crippen molar-refractivity contribution in [3.05, 3.63) is 56.2 Å². The molecule has 1 amide bonds. The van der Waals surface area contributed by atoms with Crippen LogP contribution < -0.4 is 5.73 Å². The Morgan fingerprint density at radius 1 is 1.38 bits per heavy atom. The van der Waals surface area contributed by atoms with E-state index < -0.39 is 6.04 Å². The Kier molecular flexibility index (Phi) is 6.87. The number of carbonyl (C=O) groups excluding carboxylic acids is 1. The molecule has 114 valence electrons. The molecule has 2 aromatic rings.